The summed E-state index contributed by atoms with van der Waals surface area (Å²) in [6.07, 6.45) is 0.505. The average molecular weight is 540 g/mol. The van der Waals surface area contributed by atoms with Gasteiger partial charge in [-0.05, 0) is 36.4 Å². The van der Waals surface area contributed by atoms with E-state index in [1.165, 1.54) is 15.9 Å². The van der Waals surface area contributed by atoms with E-state index in [1.807, 2.05) is 23.1 Å². The van der Waals surface area contributed by atoms with Crippen molar-refractivity contribution in [2.75, 3.05) is 32.5 Å². The highest BCUT2D eigenvalue weighted by Crippen LogP contribution is 2.55. The fraction of sp³-hybridized carbons (Fsp3) is 0.240. The van der Waals surface area contributed by atoms with Gasteiger partial charge in [0.1, 0.15) is 23.2 Å². The maximum absolute atomic E-state index is 13.4. The largest absolute Gasteiger partial charge is 0.741 e. The molecule has 0 bridgehead atoms. The first-order valence-electron chi connectivity index (χ1n) is 11.0. The highest BCUT2D eigenvalue weighted by molar-refractivity contribution is 7.96. The summed E-state index contributed by atoms with van der Waals surface area (Å²) in [5, 5.41) is 3.73. The molecular weight excluding hydrogens is 514 g/mol. The first-order valence-corrected chi connectivity index (χ1v) is 14.4. The van der Waals surface area contributed by atoms with Crippen LogP contribution in [0.15, 0.2) is 91.0 Å². The molecule has 1 saturated heterocycles. The number of carbonyl (C=O) groups excluding carboxylic acids is 1. The molecule has 11 heteroatoms. The lowest BCUT2D eigenvalue weighted by molar-refractivity contribution is -0.132. The lowest BCUT2D eigenvalue weighted by atomic mass is 10.3. The molecule has 0 N–H and O–H groups in total. The van der Waals surface area contributed by atoms with Gasteiger partial charge in [-0.25, -0.2) is 8.42 Å². The van der Waals surface area contributed by atoms with E-state index in [-0.39, 0.29) is 5.91 Å². The maximum atomic E-state index is 13.4. The summed E-state index contributed by atoms with van der Waals surface area (Å²) in [6.45, 7) is 2.60. The SMILES string of the molecule is O=C(C[P+](c1ccccc1)(c1ccccc1)c1ccccc1)N1CCOCC1.O=S(=O)([O-])C(F)(F)F. The van der Waals surface area contributed by atoms with Crippen LogP contribution in [0.4, 0.5) is 13.2 Å². The Morgan fingerprint density at radius 2 is 1.14 bits per heavy atom. The number of ether oxygens (including phenoxy) is 1. The van der Waals surface area contributed by atoms with Gasteiger partial charge >= 0.3 is 5.51 Å². The molecule has 0 spiro atoms. The number of amides is 1. The van der Waals surface area contributed by atoms with Crippen LogP contribution in [0.1, 0.15) is 0 Å². The summed E-state index contributed by atoms with van der Waals surface area (Å²) in [5.41, 5.74) is -5.65. The summed E-state index contributed by atoms with van der Waals surface area (Å²) < 4.78 is 64.4. The number of carbonyl (C=O) groups is 1. The fourth-order valence-corrected chi connectivity index (χ4v) is 7.98. The molecule has 36 heavy (non-hydrogen) atoms. The van der Waals surface area contributed by atoms with Crippen LogP contribution in [0.2, 0.25) is 0 Å². The van der Waals surface area contributed by atoms with Gasteiger partial charge in [-0.1, -0.05) is 54.6 Å². The number of hydrogen-bond donors (Lipinski definition) is 0. The zero-order valence-corrected chi connectivity index (χ0v) is 20.9. The minimum absolute atomic E-state index is 0.216. The number of rotatable bonds is 5. The monoisotopic (exact) mass is 539 g/mol. The van der Waals surface area contributed by atoms with E-state index in [4.69, 9.17) is 17.7 Å². The zero-order valence-electron chi connectivity index (χ0n) is 19.2. The molecule has 1 heterocycles. The quantitative estimate of drug-likeness (QED) is 0.283. The van der Waals surface area contributed by atoms with Crippen molar-refractivity contribution >= 4 is 39.2 Å². The molecule has 1 aliphatic heterocycles. The summed E-state index contributed by atoms with van der Waals surface area (Å²) in [6, 6.07) is 31.7. The van der Waals surface area contributed by atoms with E-state index in [2.05, 4.69) is 72.8 Å². The first kappa shape index (κ1) is 27.8. The number of hydrogen-bond acceptors (Lipinski definition) is 5. The van der Waals surface area contributed by atoms with Crippen LogP contribution in [0.3, 0.4) is 0 Å². The van der Waals surface area contributed by atoms with Gasteiger partial charge in [-0.3, -0.25) is 4.79 Å². The van der Waals surface area contributed by atoms with Gasteiger partial charge in [0.2, 0.25) is 0 Å². The van der Waals surface area contributed by atoms with E-state index < -0.39 is 22.9 Å². The molecule has 3 aromatic carbocycles. The molecule has 1 aliphatic rings. The predicted molar refractivity (Wildman–Crippen MR) is 133 cm³/mol. The van der Waals surface area contributed by atoms with Gasteiger partial charge < -0.3 is 14.2 Å². The van der Waals surface area contributed by atoms with Crippen molar-refractivity contribution in [2.45, 2.75) is 5.51 Å². The number of morpholine rings is 1. The van der Waals surface area contributed by atoms with Crippen LogP contribution in [-0.4, -0.2) is 61.8 Å². The van der Waals surface area contributed by atoms with Gasteiger partial charge in [0.05, 0.1) is 13.2 Å². The lowest BCUT2D eigenvalue weighted by Crippen LogP contribution is -2.45. The van der Waals surface area contributed by atoms with Gasteiger partial charge in [-0.15, -0.1) is 0 Å². The smallest absolute Gasteiger partial charge is 0.485 e. The molecule has 4 rings (SSSR count). The molecular formula is C25H25F3NO5PS. The van der Waals surface area contributed by atoms with E-state index >= 15 is 0 Å². The second kappa shape index (κ2) is 12.0. The Morgan fingerprint density at radius 3 is 1.44 bits per heavy atom. The molecule has 192 valence electrons. The van der Waals surface area contributed by atoms with E-state index in [0.717, 1.165) is 0 Å². The second-order valence-corrected chi connectivity index (χ2v) is 12.7. The van der Waals surface area contributed by atoms with Crippen LogP contribution < -0.4 is 15.9 Å². The second-order valence-electron chi connectivity index (χ2n) is 7.87. The molecule has 1 amide bonds. The highest BCUT2D eigenvalue weighted by Gasteiger charge is 2.48. The Morgan fingerprint density at radius 1 is 0.806 bits per heavy atom. The van der Waals surface area contributed by atoms with E-state index in [9.17, 15) is 18.0 Å². The van der Waals surface area contributed by atoms with Crippen molar-refractivity contribution in [3.8, 4) is 0 Å². The van der Waals surface area contributed by atoms with Crippen molar-refractivity contribution in [1.82, 2.24) is 4.90 Å². The Bertz CT molecular complexity index is 1120. The van der Waals surface area contributed by atoms with Gasteiger partial charge in [0.25, 0.3) is 5.91 Å². The Labute approximate surface area is 208 Å². The minimum Gasteiger partial charge on any atom is -0.741 e. The van der Waals surface area contributed by atoms with E-state index in [1.54, 1.807) is 0 Å². The average Bonchev–Trinajstić information content (AvgIpc) is 2.88. The molecule has 1 fully saturated rings. The standard InChI is InChI=1S/C24H25NO2P.CHF3O3S/c26-24(25-16-18-27-19-17-25)20-28(21-10-4-1-5-11-21,22-12-6-2-7-13-22)23-14-8-3-9-15-23;2-1(3,4)8(5,6)7/h1-15H,16-20H2;(H,5,6,7)/q+1;/p-1. The number of halogens is 3. The predicted octanol–water partition coefficient (Wildman–Crippen LogP) is 2.89. The highest BCUT2D eigenvalue weighted by atomic mass is 32.2. The molecule has 0 aromatic heterocycles. The van der Waals surface area contributed by atoms with Crippen LogP contribution in [0.5, 0.6) is 0 Å². The Hall–Kier alpha value is -2.78. The van der Waals surface area contributed by atoms with Crippen molar-refractivity contribution in [2.24, 2.45) is 0 Å². The normalized spacial score (nSPS) is 14.5. The first-order chi connectivity index (χ1) is 17.1. The fourth-order valence-electron chi connectivity index (χ4n) is 3.88. The molecule has 6 nitrogen and oxygen atoms in total. The zero-order chi connectivity index (χ0) is 26.2. The van der Waals surface area contributed by atoms with Crippen molar-refractivity contribution < 1.29 is 35.7 Å². The van der Waals surface area contributed by atoms with Crippen molar-refractivity contribution in [3.05, 3.63) is 91.0 Å². The summed E-state index contributed by atoms with van der Waals surface area (Å²) in [5.74, 6) is 0.216. The Kier molecular flexibility index (Phi) is 9.24. The molecule has 0 aliphatic carbocycles. The maximum Gasteiger partial charge on any atom is 0.485 e. The third-order valence-corrected chi connectivity index (χ3v) is 10.5. The van der Waals surface area contributed by atoms with Crippen LogP contribution >= 0.6 is 7.26 Å². The van der Waals surface area contributed by atoms with Crippen LogP contribution in [0, 0.1) is 0 Å². The van der Waals surface area contributed by atoms with Gasteiger partial charge in [-0.2, -0.15) is 13.2 Å². The van der Waals surface area contributed by atoms with Crippen LogP contribution in [-0.2, 0) is 19.6 Å². The van der Waals surface area contributed by atoms with Crippen LogP contribution in [0.25, 0.3) is 0 Å². The number of alkyl halides is 3. The lowest BCUT2D eigenvalue weighted by Gasteiger charge is -2.31. The van der Waals surface area contributed by atoms with E-state index in [0.29, 0.717) is 32.5 Å². The minimum atomic E-state index is -6.09. The van der Waals surface area contributed by atoms with Crippen molar-refractivity contribution in [3.63, 3.8) is 0 Å². The Balaban J connectivity index is 0.000000392. The molecule has 0 saturated carbocycles. The topological polar surface area (TPSA) is 86.7 Å². The van der Waals surface area contributed by atoms with Crippen molar-refractivity contribution in [1.29, 1.82) is 0 Å². The van der Waals surface area contributed by atoms with Gasteiger partial charge in [0.15, 0.2) is 16.3 Å². The molecule has 0 radical (unpaired) electrons. The third kappa shape index (κ3) is 6.70. The number of nitrogens with zero attached hydrogens (tertiary/aromatic N) is 1. The summed E-state index contributed by atoms with van der Waals surface area (Å²) >= 11 is 0. The summed E-state index contributed by atoms with van der Waals surface area (Å²) in [7, 11) is -8.20. The van der Waals surface area contributed by atoms with Gasteiger partial charge in [0, 0.05) is 13.1 Å². The molecule has 0 unspecified atom stereocenters. The number of benzene rings is 3. The molecule has 3 aromatic rings. The molecule has 0 atom stereocenters. The summed E-state index contributed by atoms with van der Waals surface area (Å²) in [4.78, 5) is 15.4. The third-order valence-electron chi connectivity index (χ3n) is 5.61.